The maximum absolute atomic E-state index is 9.12. The van der Waals surface area contributed by atoms with Crippen molar-refractivity contribution in [1.29, 1.82) is 0 Å². The van der Waals surface area contributed by atoms with E-state index in [2.05, 4.69) is 9.47 Å². The van der Waals surface area contributed by atoms with Crippen LogP contribution in [0.15, 0.2) is 0 Å². The summed E-state index contributed by atoms with van der Waals surface area (Å²) in [6, 6.07) is 0. The first-order valence-corrected chi connectivity index (χ1v) is 7.12. The highest BCUT2D eigenvalue weighted by atomic mass is 16.6. The Hall–Kier alpha value is -0.520. The molecule has 2 heterocycles. The molecule has 25 heavy (non-hydrogen) atoms. The van der Waals surface area contributed by atoms with Gasteiger partial charge in [-0.1, -0.05) is 0 Å². The van der Waals surface area contributed by atoms with Crippen molar-refractivity contribution < 1.29 is 66.0 Å². The number of hydrogen-bond donors (Lipinski definition) is 10. The molecule has 152 valence electrons. The molecule has 0 amide bonds. The number of aliphatic hydroxyl groups excluding tert-OH is 10. The van der Waals surface area contributed by atoms with Crippen LogP contribution in [0, 0.1) is 0 Å². The van der Waals surface area contributed by atoms with E-state index in [9.17, 15) is 0 Å². The first-order chi connectivity index (χ1) is 11.1. The fraction of sp³-hybridized carbons (Fsp3) is 1.00. The highest BCUT2D eigenvalue weighted by Gasteiger charge is 2.43. The SMILES string of the molecule is O.OC[C@H]1OC(O)[C@H](O)[C@@H](O)[C@@H]1O.OC[C@H]1O[C@H](O)[C@H](O)[C@@H](O)[C@@H]1O. The third-order valence-electron chi connectivity index (χ3n) is 3.73. The van der Waals surface area contributed by atoms with E-state index >= 15 is 0 Å². The van der Waals surface area contributed by atoms with Crippen molar-refractivity contribution in [3.8, 4) is 0 Å². The minimum absolute atomic E-state index is 0. The molecule has 2 aliphatic rings. The van der Waals surface area contributed by atoms with E-state index in [1.54, 1.807) is 0 Å². The van der Waals surface area contributed by atoms with Crippen LogP contribution in [0.5, 0.6) is 0 Å². The average Bonchev–Trinajstić information content (AvgIpc) is 2.58. The van der Waals surface area contributed by atoms with Gasteiger partial charge in [-0.15, -0.1) is 0 Å². The molecule has 12 N–H and O–H groups in total. The summed E-state index contributed by atoms with van der Waals surface area (Å²) >= 11 is 0. The van der Waals surface area contributed by atoms with Crippen LogP contribution in [0.4, 0.5) is 0 Å². The molecule has 0 aromatic carbocycles. The summed E-state index contributed by atoms with van der Waals surface area (Å²) in [4.78, 5) is 0. The Morgan fingerprint density at radius 3 is 1.00 bits per heavy atom. The molecule has 2 fully saturated rings. The Labute approximate surface area is 141 Å². The van der Waals surface area contributed by atoms with Gasteiger partial charge in [0.1, 0.15) is 48.8 Å². The van der Waals surface area contributed by atoms with Crippen LogP contribution in [-0.2, 0) is 9.47 Å². The highest BCUT2D eigenvalue weighted by molar-refractivity contribution is 4.88. The third kappa shape index (κ3) is 5.73. The smallest absolute Gasteiger partial charge is 0.184 e. The lowest BCUT2D eigenvalue weighted by Gasteiger charge is -2.37. The van der Waals surface area contributed by atoms with Crippen LogP contribution in [0.25, 0.3) is 0 Å². The van der Waals surface area contributed by atoms with Gasteiger partial charge >= 0.3 is 0 Å². The third-order valence-corrected chi connectivity index (χ3v) is 3.73. The molecule has 2 rings (SSSR count). The lowest BCUT2D eigenvalue weighted by atomic mass is 10.00. The molecule has 0 spiro atoms. The number of rotatable bonds is 2. The predicted molar refractivity (Wildman–Crippen MR) is 75.6 cm³/mol. The number of hydrogen-bond acceptors (Lipinski definition) is 12. The van der Waals surface area contributed by atoms with Crippen LogP contribution >= 0.6 is 0 Å². The average molecular weight is 378 g/mol. The van der Waals surface area contributed by atoms with E-state index in [1.165, 1.54) is 0 Å². The molecule has 0 aliphatic carbocycles. The van der Waals surface area contributed by atoms with Gasteiger partial charge < -0.3 is 66.0 Å². The molecule has 10 atom stereocenters. The Morgan fingerprint density at radius 2 is 0.760 bits per heavy atom. The number of ether oxygens (including phenoxy) is 2. The van der Waals surface area contributed by atoms with Gasteiger partial charge in [-0.3, -0.25) is 0 Å². The molecule has 1 unspecified atom stereocenters. The highest BCUT2D eigenvalue weighted by Crippen LogP contribution is 2.19. The summed E-state index contributed by atoms with van der Waals surface area (Å²) in [6.45, 7) is -1.05. The van der Waals surface area contributed by atoms with Crippen molar-refractivity contribution in [1.82, 2.24) is 0 Å². The minimum atomic E-state index is -1.57. The van der Waals surface area contributed by atoms with Gasteiger partial charge in [-0.25, -0.2) is 0 Å². The Kier molecular flexibility index (Phi) is 10.4. The molecule has 0 bridgehead atoms. The summed E-state index contributed by atoms with van der Waals surface area (Å²) in [5.74, 6) is 0. The molecule has 2 aliphatic heterocycles. The summed E-state index contributed by atoms with van der Waals surface area (Å²) < 4.78 is 9.15. The van der Waals surface area contributed by atoms with Gasteiger partial charge in [0.15, 0.2) is 12.6 Å². The van der Waals surface area contributed by atoms with Crippen molar-refractivity contribution >= 4 is 0 Å². The predicted octanol–water partition coefficient (Wildman–Crippen LogP) is -7.27. The minimum Gasteiger partial charge on any atom is -0.412 e. The zero-order valence-corrected chi connectivity index (χ0v) is 13.0. The first kappa shape index (κ1) is 24.5. The standard InChI is InChI=1S/2C6H12O6.H2O/c2*7-1-2-3(8)4(9)5(10)6(11)12-2;/h2*2-11H,1H2;1H2/t2-,3-,4+,5-,6?;2-,3-,4+,5-,6+;/m11./s1. The quantitative estimate of drug-likeness (QED) is 0.215. The van der Waals surface area contributed by atoms with Crippen molar-refractivity contribution in [2.75, 3.05) is 13.2 Å². The zero-order chi connectivity index (χ0) is 18.6. The van der Waals surface area contributed by atoms with Crippen LogP contribution < -0.4 is 0 Å². The van der Waals surface area contributed by atoms with E-state index in [0.717, 1.165) is 0 Å². The fourth-order valence-corrected chi connectivity index (χ4v) is 2.16. The molecule has 0 aromatic rings. The Morgan fingerprint density at radius 1 is 0.480 bits per heavy atom. The molecular weight excluding hydrogens is 352 g/mol. The van der Waals surface area contributed by atoms with Gasteiger partial charge in [0.25, 0.3) is 0 Å². The van der Waals surface area contributed by atoms with E-state index in [0.29, 0.717) is 0 Å². The largest absolute Gasteiger partial charge is 0.412 e. The van der Waals surface area contributed by atoms with Gasteiger partial charge in [0, 0.05) is 0 Å². The summed E-state index contributed by atoms with van der Waals surface area (Å²) in [7, 11) is 0. The van der Waals surface area contributed by atoms with Crippen molar-refractivity contribution in [3.05, 3.63) is 0 Å². The van der Waals surface area contributed by atoms with Crippen LogP contribution in [-0.4, -0.2) is 131 Å². The first-order valence-electron chi connectivity index (χ1n) is 7.12. The topological polar surface area (TPSA) is 252 Å². The summed E-state index contributed by atoms with van der Waals surface area (Å²) in [5, 5.41) is 89.3. The van der Waals surface area contributed by atoms with Crippen molar-refractivity contribution in [2.45, 2.75) is 61.4 Å². The molecule has 0 radical (unpaired) electrons. The lowest BCUT2D eigenvalue weighted by molar-refractivity contribution is -0.286. The monoisotopic (exact) mass is 378 g/mol. The maximum Gasteiger partial charge on any atom is 0.184 e. The van der Waals surface area contributed by atoms with Crippen LogP contribution in [0.1, 0.15) is 0 Å². The second-order valence-corrected chi connectivity index (χ2v) is 5.44. The molecule has 13 heteroatoms. The second-order valence-electron chi connectivity index (χ2n) is 5.44. The Bertz CT molecular complexity index is 327. The van der Waals surface area contributed by atoms with E-state index < -0.39 is 74.6 Å². The lowest BCUT2D eigenvalue weighted by Crippen LogP contribution is -2.58. The van der Waals surface area contributed by atoms with Gasteiger partial charge in [-0.05, 0) is 0 Å². The van der Waals surface area contributed by atoms with E-state index in [1.807, 2.05) is 0 Å². The molecule has 0 saturated carbocycles. The van der Waals surface area contributed by atoms with Gasteiger partial charge in [-0.2, -0.15) is 0 Å². The molecule has 0 aromatic heterocycles. The zero-order valence-electron chi connectivity index (χ0n) is 13.0. The van der Waals surface area contributed by atoms with Crippen LogP contribution in [0.2, 0.25) is 0 Å². The molecule has 2 saturated heterocycles. The fourth-order valence-electron chi connectivity index (χ4n) is 2.16. The molecular formula is C12H26O13. The van der Waals surface area contributed by atoms with E-state index in [-0.39, 0.29) is 5.48 Å². The normalized spacial score (nSPS) is 47.3. The van der Waals surface area contributed by atoms with Crippen molar-refractivity contribution in [3.63, 3.8) is 0 Å². The van der Waals surface area contributed by atoms with Gasteiger partial charge in [0.2, 0.25) is 0 Å². The number of aliphatic hydroxyl groups is 10. The van der Waals surface area contributed by atoms with E-state index in [4.69, 9.17) is 51.1 Å². The summed E-state index contributed by atoms with van der Waals surface area (Å²) in [5.41, 5.74) is 0. The van der Waals surface area contributed by atoms with Gasteiger partial charge in [0.05, 0.1) is 13.2 Å². The van der Waals surface area contributed by atoms with Crippen molar-refractivity contribution in [2.24, 2.45) is 0 Å². The maximum atomic E-state index is 9.12. The summed E-state index contributed by atoms with van der Waals surface area (Å²) in [6.07, 6.45) is -14.1. The molecule has 13 nitrogen and oxygen atoms in total. The Balaban J connectivity index is 0.000000443. The van der Waals surface area contributed by atoms with Crippen LogP contribution in [0.3, 0.4) is 0 Å². The second kappa shape index (κ2) is 10.6.